The van der Waals surface area contributed by atoms with Crippen LogP contribution in [0.1, 0.15) is 43.7 Å². The standard InChI is InChI=1S/C25H25F3O5/c1-15-19-10-8-17(6-4-12-24(2)22(33-24)21(19)32-23(15)30)14-31-20(29)11-9-16-5-3-7-18(13-16)25(26,27)28/h3,5-7,9,11,13,19,21-22H,1,4,8,10,12,14H2,2H3/b11-9+,17-6+/t19-,21-,22-,24+/m0/s1. The summed E-state index contributed by atoms with van der Waals surface area (Å²) in [5, 5.41) is 0. The number of epoxide rings is 1. The lowest BCUT2D eigenvalue weighted by atomic mass is 9.84. The van der Waals surface area contributed by atoms with Gasteiger partial charge in [0.2, 0.25) is 0 Å². The first-order chi connectivity index (χ1) is 15.6. The first-order valence-corrected chi connectivity index (χ1v) is 10.8. The second kappa shape index (κ2) is 8.82. The molecular weight excluding hydrogens is 437 g/mol. The van der Waals surface area contributed by atoms with Gasteiger partial charge in [-0.05, 0) is 62.0 Å². The zero-order valence-corrected chi connectivity index (χ0v) is 18.2. The fraction of sp³-hybridized carbons (Fsp3) is 0.440. The van der Waals surface area contributed by atoms with E-state index in [-0.39, 0.29) is 35.9 Å². The van der Waals surface area contributed by atoms with Crippen LogP contribution in [0.5, 0.6) is 0 Å². The van der Waals surface area contributed by atoms with E-state index in [2.05, 4.69) is 6.58 Å². The second-order valence-corrected chi connectivity index (χ2v) is 8.86. The van der Waals surface area contributed by atoms with Crippen LogP contribution in [0.2, 0.25) is 0 Å². The molecule has 176 valence electrons. The maximum atomic E-state index is 12.8. The average molecular weight is 462 g/mol. The molecule has 33 heavy (non-hydrogen) atoms. The number of alkyl halides is 3. The van der Waals surface area contributed by atoms with E-state index in [1.807, 2.05) is 13.0 Å². The summed E-state index contributed by atoms with van der Waals surface area (Å²) in [5.74, 6) is -1.19. The van der Waals surface area contributed by atoms with Crippen molar-refractivity contribution in [1.29, 1.82) is 0 Å². The molecule has 8 heteroatoms. The van der Waals surface area contributed by atoms with Crippen molar-refractivity contribution in [3.05, 3.63) is 65.3 Å². The van der Waals surface area contributed by atoms with E-state index in [1.54, 1.807) is 0 Å². The lowest BCUT2D eigenvalue weighted by molar-refractivity contribution is -0.140. The number of ether oxygens (including phenoxy) is 3. The van der Waals surface area contributed by atoms with Crippen LogP contribution in [0.4, 0.5) is 13.2 Å². The molecule has 5 nitrogen and oxygen atoms in total. The number of hydrogen-bond donors (Lipinski definition) is 0. The van der Waals surface area contributed by atoms with Gasteiger partial charge in [0.15, 0.2) is 0 Å². The molecule has 0 spiro atoms. The predicted octanol–water partition coefficient (Wildman–Crippen LogP) is 5.02. The van der Waals surface area contributed by atoms with Gasteiger partial charge in [0.05, 0.1) is 11.2 Å². The SMILES string of the molecule is C=C1C(=O)O[C@H]2[C@H]1CC/C(COC(=O)/C=C/c1cccc(C(F)(F)F)c1)=C\CC[C@@]1(C)O[C@@H]21. The highest BCUT2D eigenvalue weighted by molar-refractivity contribution is 5.91. The molecule has 4 atom stereocenters. The van der Waals surface area contributed by atoms with E-state index >= 15 is 0 Å². The number of allylic oxidation sites excluding steroid dienone is 1. The van der Waals surface area contributed by atoms with E-state index in [0.717, 1.165) is 36.6 Å². The zero-order chi connectivity index (χ0) is 23.8. The zero-order valence-electron chi connectivity index (χ0n) is 18.2. The van der Waals surface area contributed by atoms with Gasteiger partial charge < -0.3 is 14.2 Å². The van der Waals surface area contributed by atoms with Crippen molar-refractivity contribution in [2.45, 2.75) is 56.6 Å². The minimum Gasteiger partial charge on any atom is -0.458 e. The summed E-state index contributed by atoms with van der Waals surface area (Å²) in [6.45, 7) is 5.94. The van der Waals surface area contributed by atoms with E-state index in [4.69, 9.17) is 14.2 Å². The highest BCUT2D eigenvalue weighted by Gasteiger charge is 2.61. The van der Waals surface area contributed by atoms with E-state index in [1.165, 1.54) is 18.2 Å². The number of benzene rings is 1. The molecule has 4 rings (SSSR count). The predicted molar refractivity (Wildman–Crippen MR) is 114 cm³/mol. The Kier molecular flexibility index (Phi) is 6.22. The van der Waals surface area contributed by atoms with E-state index < -0.39 is 23.7 Å². The fourth-order valence-corrected chi connectivity index (χ4v) is 4.45. The molecular formula is C25H25F3O5. The quantitative estimate of drug-likeness (QED) is 0.272. The second-order valence-electron chi connectivity index (χ2n) is 8.86. The third kappa shape index (κ3) is 5.21. The number of carbonyl (C=O) groups is 2. The van der Waals surface area contributed by atoms with Gasteiger partial charge >= 0.3 is 18.1 Å². The topological polar surface area (TPSA) is 65.1 Å². The monoisotopic (exact) mass is 462 g/mol. The molecule has 2 aliphatic heterocycles. The molecule has 1 aromatic carbocycles. The van der Waals surface area contributed by atoms with Gasteiger partial charge in [-0.1, -0.05) is 24.8 Å². The maximum Gasteiger partial charge on any atom is 0.416 e. The molecule has 0 radical (unpaired) electrons. The van der Waals surface area contributed by atoms with E-state index in [9.17, 15) is 22.8 Å². The molecule has 0 unspecified atom stereocenters. The molecule has 0 N–H and O–H groups in total. The number of rotatable bonds is 4. The third-order valence-electron chi connectivity index (χ3n) is 6.46. The van der Waals surface area contributed by atoms with Crippen molar-refractivity contribution in [1.82, 2.24) is 0 Å². The number of carbonyl (C=O) groups excluding carboxylic acids is 2. The molecule has 0 aromatic heterocycles. The highest BCUT2D eigenvalue weighted by atomic mass is 19.4. The molecule has 0 saturated carbocycles. The Balaban J connectivity index is 1.37. The minimum absolute atomic E-state index is 0.0609. The third-order valence-corrected chi connectivity index (χ3v) is 6.46. The molecule has 1 aromatic rings. The Bertz CT molecular complexity index is 1030. The van der Waals surface area contributed by atoms with Crippen LogP contribution >= 0.6 is 0 Å². The molecule has 0 bridgehead atoms. The van der Waals surface area contributed by atoms with Gasteiger partial charge in [0.1, 0.15) is 18.8 Å². The average Bonchev–Trinajstić information content (AvgIpc) is 3.35. The Hall–Kier alpha value is -2.87. The molecule has 1 aliphatic carbocycles. The summed E-state index contributed by atoms with van der Waals surface area (Å²) in [6.07, 6.45) is 2.21. The van der Waals surface area contributed by atoms with Crippen LogP contribution < -0.4 is 0 Å². The Morgan fingerprint density at radius 1 is 1.36 bits per heavy atom. The molecule has 2 saturated heterocycles. The summed E-state index contributed by atoms with van der Waals surface area (Å²) < 4.78 is 55.2. The van der Waals surface area contributed by atoms with Crippen molar-refractivity contribution in [2.75, 3.05) is 6.61 Å². The summed E-state index contributed by atoms with van der Waals surface area (Å²) in [4.78, 5) is 24.2. The van der Waals surface area contributed by atoms with Crippen molar-refractivity contribution < 1.29 is 37.0 Å². The van der Waals surface area contributed by atoms with Gasteiger partial charge in [-0.25, -0.2) is 9.59 Å². The van der Waals surface area contributed by atoms with Crippen molar-refractivity contribution >= 4 is 18.0 Å². The van der Waals surface area contributed by atoms with Gasteiger partial charge in [-0.3, -0.25) is 0 Å². The van der Waals surface area contributed by atoms with Gasteiger partial charge in [-0.2, -0.15) is 13.2 Å². The summed E-state index contributed by atoms with van der Waals surface area (Å²) >= 11 is 0. The minimum atomic E-state index is -4.45. The van der Waals surface area contributed by atoms with Crippen LogP contribution in [0.3, 0.4) is 0 Å². The van der Waals surface area contributed by atoms with Gasteiger partial charge in [0.25, 0.3) is 0 Å². The van der Waals surface area contributed by atoms with Crippen LogP contribution in [0, 0.1) is 5.92 Å². The lowest BCUT2D eigenvalue weighted by Gasteiger charge is -2.20. The van der Waals surface area contributed by atoms with Crippen LogP contribution in [0.15, 0.2) is 54.1 Å². The first-order valence-electron chi connectivity index (χ1n) is 10.8. The molecule has 2 heterocycles. The van der Waals surface area contributed by atoms with Crippen molar-refractivity contribution in [2.24, 2.45) is 5.92 Å². The fourth-order valence-electron chi connectivity index (χ4n) is 4.45. The Morgan fingerprint density at radius 2 is 2.15 bits per heavy atom. The van der Waals surface area contributed by atoms with Gasteiger partial charge in [0, 0.05) is 17.6 Å². The smallest absolute Gasteiger partial charge is 0.416 e. The summed E-state index contributed by atoms with van der Waals surface area (Å²) in [7, 11) is 0. The maximum absolute atomic E-state index is 12.8. The van der Waals surface area contributed by atoms with Crippen molar-refractivity contribution in [3.8, 4) is 0 Å². The Morgan fingerprint density at radius 3 is 2.91 bits per heavy atom. The van der Waals surface area contributed by atoms with E-state index in [0.29, 0.717) is 18.4 Å². The summed E-state index contributed by atoms with van der Waals surface area (Å²) in [5.41, 5.74) is 0.469. The van der Waals surface area contributed by atoms with Gasteiger partial charge in [-0.15, -0.1) is 0 Å². The molecule has 0 amide bonds. The number of hydrogen-bond acceptors (Lipinski definition) is 5. The Labute approximate surface area is 189 Å². The summed E-state index contributed by atoms with van der Waals surface area (Å²) in [6, 6.07) is 4.70. The lowest BCUT2D eigenvalue weighted by Crippen LogP contribution is -2.29. The van der Waals surface area contributed by atoms with Crippen LogP contribution in [-0.2, 0) is 30.0 Å². The molecule has 2 fully saturated rings. The number of fused-ring (bicyclic) bond motifs is 3. The first kappa shape index (κ1) is 23.3. The largest absolute Gasteiger partial charge is 0.458 e. The molecule has 3 aliphatic rings. The van der Waals surface area contributed by atoms with Crippen LogP contribution in [0.25, 0.3) is 6.08 Å². The van der Waals surface area contributed by atoms with Crippen LogP contribution in [-0.4, -0.2) is 36.4 Å². The van der Waals surface area contributed by atoms with Crippen molar-refractivity contribution in [3.63, 3.8) is 0 Å². The normalized spacial score (nSPS) is 31.3. The highest BCUT2D eigenvalue weighted by Crippen LogP contribution is 2.49. The number of esters is 2. The number of halogens is 3.